The molecule has 0 amide bonds. The molecular formula is C22H20Cl2O3. The van der Waals surface area contributed by atoms with E-state index in [1.165, 1.54) is 0 Å². The average Bonchev–Trinajstić information content (AvgIpc) is 2.69. The number of rotatable bonds is 4. The normalized spacial score (nSPS) is 24.7. The predicted molar refractivity (Wildman–Crippen MR) is 107 cm³/mol. The molecule has 1 heterocycles. The van der Waals surface area contributed by atoms with Gasteiger partial charge in [-0.1, -0.05) is 47.5 Å². The zero-order valence-corrected chi connectivity index (χ0v) is 16.2. The average molecular weight is 403 g/mol. The van der Waals surface area contributed by atoms with Gasteiger partial charge in [-0.05, 0) is 48.2 Å². The number of Topliss-reactive ketones (excluding diaryl/α,β-unsaturated/α-hetero) is 1. The lowest BCUT2D eigenvalue weighted by Crippen LogP contribution is -2.41. The van der Waals surface area contributed by atoms with Gasteiger partial charge >= 0.3 is 0 Å². The monoisotopic (exact) mass is 402 g/mol. The van der Waals surface area contributed by atoms with Crippen molar-refractivity contribution < 1.29 is 14.3 Å². The highest BCUT2D eigenvalue weighted by molar-refractivity contribution is 6.31. The summed E-state index contributed by atoms with van der Waals surface area (Å²) in [4.78, 5) is 12.9. The Morgan fingerprint density at radius 1 is 0.963 bits per heavy atom. The van der Waals surface area contributed by atoms with Gasteiger partial charge in [0.2, 0.25) is 0 Å². The Labute approximate surface area is 168 Å². The van der Waals surface area contributed by atoms with E-state index in [0.717, 1.165) is 35.4 Å². The summed E-state index contributed by atoms with van der Waals surface area (Å²) in [5.74, 6) is 0.0563. The van der Waals surface area contributed by atoms with Gasteiger partial charge in [0, 0.05) is 16.5 Å². The van der Waals surface area contributed by atoms with E-state index in [2.05, 4.69) is 0 Å². The second kappa shape index (κ2) is 8.05. The molecule has 3 unspecified atom stereocenters. The van der Waals surface area contributed by atoms with Gasteiger partial charge in [0.15, 0.2) is 5.78 Å². The number of ether oxygens (including phenoxy) is 2. The molecule has 0 N–H and O–H groups in total. The minimum Gasteiger partial charge on any atom is -0.496 e. The molecule has 1 fully saturated rings. The Hall–Kier alpha value is -1.81. The topological polar surface area (TPSA) is 35.5 Å². The summed E-state index contributed by atoms with van der Waals surface area (Å²) in [6.07, 6.45) is 3.96. The second-order valence-corrected chi connectivity index (χ2v) is 7.93. The highest BCUT2D eigenvalue weighted by atomic mass is 35.5. The maximum absolute atomic E-state index is 12.9. The van der Waals surface area contributed by atoms with E-state index in [1.54, 1.807) is 18.4 Å². The van der Waals surface area contributed by atoms with Gasteiger partial charge in [-0.2, -0.15) is 0 Å². The summed E-state index contributed by atoms with van der Waals surface area (Å²) in [5, 5.41) is 1.37. The second-order valence-electron chi connectivity index (χ2n) is 7.06. The number of fused-ring (bicyclic) bond motifs is 1. The van der Waals surface area contributed by atoms with Crippen molar-refractivity contribution in [3.8, 4) is 0 Å². The molecule has 3 atom stereocenters. The van der Waals surface area contributed by atoms with Gasteiger partial charge in [-0.3, -0.25) is 4.79 Å². The maximum Gasteiger partial charge on any atom is 0.173 e. The molecule has 2 aromatic carbocycles. The van der Waals surface area contributed by atoms with Gasteiger partial charge in [0.25, 0.3) is 0 Å². The van der Waals surface area contributed by atoms with Crippen LogP contribution >= 0.6 is 23.2 Å². The molecule has 140 valence electrons. The fourth-order valence-corrected chi connectivity index (χ4v) is 3.99. The molecular weight excluding hydrogens is 383 g/mol. The molecule has 0 radical (unpaired) electrons. The molecule has 1 saturated carbocycles. The molecule has 2 aromatic rings. The van der Waals surface area contributed by atoms with Gasteiger partial charge < -0.3 is 9.47 Å². The summed E-state index contributed by atoms with van der Waals surface area (Å²) in [5.41, 5.74) is 2.57. The summed E-state index contributed by atoms with van der Waals surface area (Å²) >= 11 is 11.9. The Morgan fingerprint density at radius 3 is 2.33 bits per heavy atom. The summed E-state index contributed by atoms with van der Waals surface area (Å²) in [6.45, 7) is 0.541. The van der Waals surface area contributed by atoms with E-state index in [0.29, 0.717) is 17.2 Å². The number of hydrogen-bond donors (Lipinski definition) is 0. The third-order valence-corrected chi connectivity index (χ3v) is 5.76. The van der Waals surface area contributed by atoms with Crippen LogP contribution in [0.2, 0.25) is 10.0 Å². The van der Waals surface area contributed by atoms with Gasteiger partial charge in [0.1, 0.15) is 6.10 Å². The molecule has 0 saturated heterocycles. The molecule has 27 heavy (non-hydrogen) atoms. The SMILES string of the molecule is O=C1C(c2ccc(Cl)cc2)=COC2CC(OCc3ccc(Cl)cc3)CCC12. The minimum absolute atomic E-state index is 0.0974. The van der Waals surface area contributed by atoms with Crippen molar-refractivity contribution in [3.63, 3.8) is 0 Å². The van der Waals surface area contributed by atoms with Gasteiger partial charge in [-0.15, -0.1) is 0 Å². The summed E-state index contributed by atoms with van der Waals surface area (Å²) in [6, 6.07) is 15.0. The Balaban J connectivity index is 1.39. The lowest BCUT2D eigenvalue weighted by molar-refractivity contribution is -0.128. The van der Waals surface area contributed by atoms with Crippen molar-refractivity contribution in [2.24, 2.45) is 5.92 Å². The van der Waals surface area contributed by atoms with Gasteiger partial charge in [-0.25, -0.2) is 0 Å². The Bertz CT molecular complexity index is 843. The van der Waals surface area contributed by atoms with Gasteiger partial charge in [0.05, 0.1) is 30.5 Å². The number of ketones is 1. The smallest absolute Gasteiger partial charge is 0.173 e. The van der Waals surface area contributed by atoms with Crippen LogP contribution in [0.4, 0.5) is 0 Å². The number of carbonyl (C=O) groups is 1. The molecule has 0 bridgehead atoms. The number of hydrogen-bond acceptors (Lipinski definition) is 3. The lowest BCUT2D eigenvalue weighted by Gasteiger charge is -2.37. The van der Waals surface area contributed by atoms with Crippen LogP contribution < -0.4 is 0 Å². The summed E-state index contributed by atoms with van der Waals surface area (Å²) in [7, 11) is 0. The maximum atomic E-state index is 12.9. The van der Waals surface area contributed by atoms with Crippen molar-refractivity contribution >= 4 is 34.6 Å². The van der Waals surface area contributed by atoms with Crippen LogP contribution in [0.25, 0.3) is 5.57 Å². The molecule has 0 aromatic heterocycles. The first-order chi connectivity index (χ1) is 13.1. The predicted octanol–water partition coefficient (Wildman–Crippen LogP) is 5.69. The van der Waals surface area contributed by atoms with Crippen LogP contribution in [0, 0.1) is 5.92 Å². The van der Waals surface area contributed by atoms with E-state index in [1.807, 2.05) is 36.4 Å². The minimum atomic E-state index is -0.113. The molecule has 1 aliphatic heterocycles. The highest BCUT2D eigenvalue weighted by Crippen LogP contribution is 2.37. The number of carbonyl (C=O) groups excluding carboxylic acids is 1. The first kappa shape index (κ1) is 18.5. The first-order valence-electron chi connectivity index (χ1n) is 9.12. The van der Waals surface area contributed by atoms with E-state index >= 15 is 0 Å². The van der Waals surface area contributed by atoms with E-state index in [-0.39, 0.29) is 23.9 Å². The van der Waals surface area contributed by atoms with Crippen LogP contribution in [0.5, 0.6) is 0 Å². The van der Waals surface area contributed by atoms with Crippen molar-refractivity contribution in [2.75, 3.05) is 0 Å². The van der Waals surface area contributed by atoms with Crippen LogP contribution in [-0.2, 0) is 20.9 Å². The standard InChI is InChI=1S/C22H20Cl2O3/c23-16-5-1-14(2-6-16)12-26-18-9-10-19-21(11-18)27-13-20(22(19)25)15-3-7-17(24)8-4-15/h1-8,13,18-19,21H,9-12H2. The molecule has 5 heteroatoms. The first-order valence-corrected chi connectivity index (χ1v) is 9.87. The molecule has 1 aliphatic carbocycles. The van der Waals surface area contributed by atoms with E-state index < -0.39 is 0 Å². The number of halogens is 2. The van der Waals surface area contributed by atoms with Crippen LogP contribution in [-0.4, -0.2) is 18.0 Å². The Kier molecular flexibility index (Phi) is 5.53. The molecule has 4 rings (SSSR count). The quantitative estimate of drug-likeness (QED) is 0.658. The largest absolute Gasteiger partial charge is 0.496 e. The van der Waals surface area contributed by atoms with E-state index in [4.69, 9.17) is 32.7 Å². The highest BCUT2D eigenvalue weighted by Gasteiger charge is 2.40. The fraction of sp³-hybridized carbons (Fsp3) is 0.318. The fourth-order valence-electron chi connectivity index (χ4n) is 3.74. The third-order valence-electron chi connectivity index (χ3n) is 5.26. The van der Waals surface area contributed by atoms with Crippen LogP contribution in [0.3, 0.4) is 0 Å². The van der Waals surface area contributed by atoms with Crippen molar-refractivity contribution in [2.45, 2.75) is 38.1 Å². The molecule has 0 spiro atoms. The van der Waals surface area contributed by atoms with Crippen LogP contribution in [0.15, 0.2) is 54.8 Å². The van der Waals surface area contributed by atoms with Crippen molar-refractivity contribution in [1.82, 2.24) is 0 Å². The summed E-state index contributed by atoms with van der Waals surface area (Å²) < 4.78 is 12.0. The van der Waals surface area contributed by atoms with Crippen molar-refractivity contribution in [1.29, 1.82) is 0 Å². The zero-order valence-electron chi connectivity index (χ0n) is 14.7. The lowest BCUT2D eigenvalue weighted by atomic mass is 9.78. The molecule has 3 nitrogen and oxygen atoms in total. The third kappa shape index (κ3) is 4.21. The Morgan fingerprint density at radius 2 is 1.63 bits per heavy atom. The van der Waals surface area contributed by atoms with Crippen molar-refractivity contribution in [3.05, 3.63) is 76.0 Å². The zero-order chi connectivity index (χ0) is 18.8. The van der Waals surface area contributed by atoms with Crippen LogP contribution in [0.1, 0.15) is 30.4 Å². The van der Waals surface area contributed by atoms with E-state index in [9.17, 15) is 4.79 Å². The number of allylic oxidation sites excluding steroid dienone is 1. The molecule has 2 aliphatic rings. The number of benzene rings is 2.